The molecule has 0 bridgehead atoms. The molecule has 4 aromatic rings. The minimum absolute atomic E-state index is 0.382. The van der Waals surface area contributed by atoms with Gasteiger partial charge in [0.05, 0.1) is 29.4 Å². The van der Waals surface area contributed by atoms with Gasteiger partial charge in [0.15, 0.2) is 5.75 Å². The number of aryl methyl sites for hydroxylation is 1. The summed E-state index contributed by atoms with van der Waals surface area (Å²) in [4.78, 5) is 20.8. The number of nitrogens with zero attached hydrogens (tertiary/aromatic N) is 1. The lowest BCUT2D eigenvalue weighted by Gasteiger charge is -2.29. The van der Waals surface area contributed by atoms with Crippen LogP contribution < -0.4 is 20.1 Å². The van der Waals surface area contributed by atoms with Crippen LogP contribution >= 0.6 is 0 Å². The summed E-state index contributed by atoms with van der Waals surface area (Å²) < 4.78 is 11.6. The Morgan fingerprint density at radius 3 is 2.62 bits per heavy atom. The molecule has 3 N–H and O–H groups in total. The summed E-state index contributed by atoms with van der Waals surface area (Å²) in [6.45, 7) is 6.02. The lowest BCUT2D eigenvalue weighted by atomic mass is 10.0. The highest BCUT2D eigenvalue weighted by atomic mass is 16.5. The topological polar surface area (TPSA) is 88.3 Å². The van der Waals surface area contributed by atoms with Gasteiger partial charge in [-0.1, -0.05) is 29.8 Å². The predicted molar refractivity (Wildman–Crippen MR) is 136 cm³/mol. The Bertz CT molecular complexity index is 1420. The van der Waals surface area contributed by atoms with E-state index in [0.717, 1.165) is 28.0 Å². The van der Waals surface area contributed by atoms with Crippen molar-refractivity contribution in [1.29, 1.82) is 0 Å². The first-order chi connectivity index (χ1) is 16.3. The molecule has 1 aromatic heterocycles. The Balaban J connectivity index is 1.34. The zero-order valence-corrected chi connectivity index (χ0v) is 19.5. The number of carbonyl (C=O) groups is 1. The van der Waals surface area contributed by atoms with E-state index in [4.69, 9.17) is 9.47 Å². The Morgan fingerprint density at radius 2 is 1.85 bits per heavy atom. The van der Waals surface area contributed by atoms with Gasteiger partial charge < -0.3 is 25.1 Å². The van der Waals surface area contributed by atoms with Crippen LogP contribution in [0.4, 0.5) is 16.2 Å². The Morgan fingerprint density at radius 1 is 1.06 bits per heavy atom. The zero-order chi connectivity index (χ0) is 23.9. The van der Waals surface area contributed by atoms with E-state index < -0.39 is 5.60 Å². The van der Waals surface area contributed by atoms with Gasteiger partial charge in [-0.15, -0.1) is 0 Å². The standard InChI is InChI=1S/C27H26N4O3/c1-16-5-7-17(8-6-16)25-29-20-10-9-18(15-22(20)30-25)28-26(32)31-21-11-12-23-19(24(21)33-4)13-14-27(2,3)34-23/h5-15H,1-4H3,(H,29,30)(H2,28,31,32). The number of nitrogens with one attached hydrogen (secondary N) is 3. The minimum atomic E-state index is -0.394. The molecule has 0 saturated carbocycles. The number of amides is 2. The van der Waals surface area contributed by atoms with Gasteiger partial charge in [-0.3, -0.25) is 0 Å². The summed E-state index contributed by atoms with van der Waals surface area (Å²) in [6.07, 6.45) is 3.92. The number of hydrogen-bond donors (Lipinski definition) is 3. The fourth-order valence-electron chi connectivity index (χ4n) is 3.96. The van der Waals surface area contributed by atoms with Crippen LogP contribution in [0, 0.1) is 6.92 Å². The SMILES string of the molecule is COc1c(NC(=O)Nc2ccc3[nH]c(-c4ccc(C)cc4)nc3c2)ccc2c1C=CC(C)(C)O2. The van der Waals surface area contributed by atoms with Crippen molar-refractivity contribution in [3.8, 4) is 22.9 Å². The number of urea groups is 1. The van der Waals surface area contributed by atoms with Crippen LogP contribution in [-0.2, 0) is 0 Å². The van der Waals surface area contributed by atoms with E-state index in [9.17, 15) is 4.79 Å². The molecule has 2 amide bonds. The second-order valence-corrected chi connectivity index (χ2v) is 8.86. The van der Waals surface area contributed by atoms with E-state index in [2.05, 4.69) is 39.7 Å². The van der Waals surface area contributed by atoms with Crippen molar-refractivity contribution in [2.45, 2.75) is 26.4 Å². The highest BCUT2D eigenvalue weighted by Gasteiger charge is 2.25. The van der Waals surface area contributed by atoms with Crippen molar-refractivity contribution in [3.05, 3.63) is 71.8 Å². The molecule has 0 atom stereocenters. The Kier molecular flexibility index (Phi) is 5.24. The van der Waals surface area contributed by atoms with Gasteiger partial charge in [0, 0.05) is 11.3 Å². The molecule has 7 nitrogen and oxygen atoms in total. The van der Waals surface area contributed by atoms with Crippen LogP contribution in [0.3, 0.4) is 0 Å². The number of aromatic nitrogens is 2. The molecular weight excluding hydrogens is 428 g/mol. The van der Waals surface area contributed by atoms with Crippen LogP contribution in [0.5, 0.6) is 11.5 Å². The Hall–Kier alpha value is -4.26. The number of anilines is 2. The third kappa shape index (κ3) is 4.20. The quantitative estimate of drug-likeness (QED) is 0.334. The molecule has 3 aromatic carbocycles. The second kappa shape index (κ2) is 8.26. The summed E-state index contributed by atoms with van der Waals surface area (Å²) in [5, 5.41) is 5.75. The number of hydrogen-bond acceptors (Lipinski definition) is 4. The first-order valence-electron chi connectivity index (χ1n) is 11.1. The number of H-pyrrole nitrogens is 1. The number of aromatic amines is 1. The molecule has 0 radical (unpaired) electrons. The monoisotopic (exact) mass is 454 g/mol. The van der Waals surface area contributed by atoms with Crippen LogP contribution in [0.1, 0.15) is 25.0 Å². The first-order valence-corrected chi connectivity index (χ1v) is 11.1. The summed E-state index contributed by atoms with van der Waals surface area (Å²) in [5.74, 6) is 2.04. The molecule has 1 aliphatic rings. The van der Waals surface area contributed by atoms with E-state index >= 15 is 0 Å². The minimum Gasteiger partial charge on any atom is -0.494 e. The van der Waals surface area contributed by atoms with Crippen molar-refractivity contribution >= 4 is 34.5 Å². The van der Waals surface area contributed by atoms with E-state index in [1.807, 2.05) is 62.4 Å². The molecule has 1 aliphatic heterocycles. The summed E-state index contributed by atoms with van der Waals surface area (Å²) in [7, 11) is 1.57. The molecule has 0 spiro atoms. The number of carbonyl (C=O) groups excluding carboxylic acids is 1. The first kappa shape index (κ1) is 21.6. The highest BCUT2D eigenvalue weighted by molar-refractivity contribution is 6.02. The number of imidazole rings is 1. The molecule has 0 saturated heterocycles. The van der Waals surface area contributed by atoms with Crippen LogP contribution in [-0.4, -0.2) is 28.7 Å². The number of ether oxygens (including phenoxy) is 2. The van der Waals surface area contributed by atoms with Crippen molar-refractivity contribution in [1.82, 2.24) is 9.97 Å². The summed E-state index contributed by atoms with van der Waals surface area (Å²) in [6, 6.07) is 17.0. The normalized spacial score (nSPS) is 13.8. The number of benzene rings is 3. The van der Waals surface area contributed by atoms with Crippen LogP contribution in [0.15, 0.2) is 60.7 Å². The van der Waals surface area contributed by atoms with Gasteiger partial charge in [0.2, 0.25) is 0 Å². The molecule has 0 fully saturated rings. The smallest absolute Gasteiger partial charge is 0.323 e. The molecule has 7 heteroatoms. The predicted octanol–water partition coefficient (Wildman–Crippen LogP) is 6.38. The van der Waals surface area contributed by atoms with Gasteiger partial charge >= 0.3 is 6.03 Å². The molecule has 0 aliphatic carbocycles. The van der Waals surface area contributed by atoms with Crippen molar-refractivity contribution < 1.29 is 14.3 Å². The molecule has 2 heterocycles. The molecule has 5 rings (SSSR count). The second-order valence-electron chi connectivity index (χ2n) is 8.86. The van der Waals surface area contributed by atoms with Crippen molar-refractivity contribution in [2.75, 3.05) is 17.7 Å². The number of fused-ring (bicyclic) bond motifs is 2. The number of methoxy groups -OCH3 is 1. The van der Waals surface area contributed by atoms with E-state index in [0.29, 0.717) is 22.9 Å². The fourth-order valence-corrected chi connectivity index (χ4v) is 3.96. The van der Waals surface area contributed by atoms with Crippen molar-refractivity contribution in [3.63, 3.8) is 0 Å². The van der Waals surface area contributed by atoms with Crippen LogP contribution in [0.2, 0.25) is 0 Å². The average molecular weight is 455 g/mol. The molecule has 34 heavy (non-hydrogen) atoms. The molecule has 0 unspecified atom stereocenters. The summed E-state index contributed by atoms with van der Waals surface area (Å²) >= 11 is 0. The number of rotatable bonds is 4. The third-order valence-electron chi connectivity index (χ3n) is 5.70. The Labute approximate surface area is 197 Å². The largest absolute Gasteiger partial charge is 0.494 e. The van der Waals surface area contributed by atoms with Gasteiger partial charge in [0.1, 0.15) is 17.2 Å². The molecular formula is C27H26N4O3. The zero-order valence-electron chi connectivity index (χ0n) is 19.5. The van der Waals surface area contributed by atoms with Crippen molar-refractivity contribution in [2.24, 2.45) is 0 Å². The fraction of sp³-hybridized carbons (Fsp3) is 0.185. The maximum absolute atomic E-state index is 12.8. The van der Waals surface area contributed by atoms with Gasteiger partial charge in [-0.05, 0) is 63.3 Å². The highest BCUT2D eigenvalue weighted by Crippen LogP contribution is 2.41. The van der Waals surface area contributed by atoms with E-state index in [1.54, 1.807) is 13.2 Å². The van der Waals surface area contributed by atoms with Gasteiger partial charge in [-0.25, -0.2) is 9.78 Å². The van der Waals surface area contributed by atoms with E-state index in [1.165, 1.54) is 5.56 Å². The summed E-state index contributed by atoms with van der Waals surface area (Å²) in [5.41, 5.74) is 5.45. The maximum atomic E-state index is 12.8. The van der Waals surface area contributed by atoms with Gasteiger partial charge in [0.25, 0.3) is 0 Å². The van der Waals surface area contributed by atoms with Crippen LogP contribution in [0.25, 0.3) is 28.5 Å². The van der Waals surface area contributed by atoms with E-state index in [-0.39, 0.29) is 6.03 Å². The average Bonchev–Trinajstić information content (AvgIpc) is 3.22. The third-order valence-corrected chi connectivity index (χ3v) is 5.70. The lowest BCUT2D eigenvalue weighted by Crippen LogP contribution is -2.27. The molecule has 172 valence electrons. The van der Waals surface area contributed by atoms with Gasteiger partial charge in [-0.2, -0.15) is 0 Å². The maximum Gasteiger partial charge on any atom is 0.323 e. The lowest BCUT2D eigenvalue weighted by molar-refractivity contribution is 0.158.